The van der Waals surface area contributed by atoms with Gasteiger partial charge in [-0.15, -0.1) is 0 Å². The normalized spacial score (nSPS) is 12.0. The molecule has 0 bridgehead atoms. The molecular weight excluding hydrogens is 329 g/mol. The number of esters is 1. The van der Waals surface area contributed by atoms with Crippen LogP contribution in [-0.4, -0.2) is 30.7 Å². The Morgan fingerprint density at radius 2 is 2.00 bits per heavy atom. The third-order valence-corrected chi connectivity index (χ3v) is 2.78. The fourth-order valence-corrected chi connectivity index (χ4v) is 1.59. The maximum Gasteiger partial charge on any atom is 0.416 e. The molecule has 0 radical (unpaired) electrons. The first-order valence-electron chi connectivity index (χ1n) is 6.58. The Balaban J connectivity index is 2.52. The lowest BCUT2D eigenvalue weighted by molar-refractivity contribution is -0.150. The van der Waals surface area contributed by atoms with E-state index in [2.05, 4.69) is 4.74 Å². The van der Waals surface area contributed by atoms with Gasteiger partial charge >= 0.3 is 12.1 Å². The van der Waals surface area contributed by atoms with Crippen LogP contribution in [0.15, 0.2) is 24.3 Å². The highest BCUT2D eigenvalue weighted by Gasteiger charge is 2.30. The summed E-state index contributed by atoms with van der Waals surface area (Å²) in [6.45, 7) is -0.154. The number of hydrogen-bond acceptors (Lipinski definition) is 6. The zero-order valence-corrected chi connectivity index (χ0v) is 12.5. The molecule has 1 aromatic carbocycles. The van der Waals surface area contributed by atoms with Crippen LogP contribution in [0.5, 0.6) is 5.75 Å². The summed E-state index contributed by atoms with van der Waals surface area (Å²) in [4.78, 5) is 23.0. The largest absolute Gasteiger partial charge is 0.482 e. The van der Waals surface area contributed by atoms with Crippen molar-refractivity contribution in [1.29, 1.82) is 10.7 Å². The highest BCUT2D eigenvalue weighted by Crippen LogP contribution is 2.31. The molecule has 0 saturated carbocycles. The molecule has 1 aromatic rings. The summed E-state index contributed by atoms with van der Waals surface area (Å²) in [5.74, 6) is -3.24. The topological polar surface area (TPSA) is 100 Å². The molecule has 1 unspecified atom stereocenters. The Morgan fingerprint density at radius 3 is 2.54 bits per heavy atom. The number of Topliss-reactive ketones (excluding diaryl/α,β-unsaturated/α-hetero) is 1. The van der Waals surface area contributed by atoms with E-state index in [9.17, 15) is 22.8 Å². The molecule has 1 atom stereocenters. The van der Waals surface area contributed by atoms with Gasteiger partial charge in [0.25, 0.3) is 0 Å². The number of rotatable bonds is 7. The van der Waals surface area contributed by atoms with E-state index < -0.39 is 42.6 Å². The summed E-state index contributed by atoms with van der Waals surface area (Å²) in [5, 5.41) is 15.9. The molecular formula is C15H13F3N2O4. The molecule has 0 aliphatic heterocycles. The van der Waals surface area contributed by atoms with E-state index in [0.29, 0.717) is 0 Å². The van der Waals surface area contributed by atoms with Crippen LogP contribution >= 0.6 is 0 Å². The molecule has 0 saturated heterocycles. The lowest BCUT2D eigenvalue weighted by atomic mass is 10.0. The summed E-state index contributed by atoms with van der Waals surface area (Å²) in [6.07, 6.45) is -4.54. The number of alkyl halides is 3. The third kappa shape index (κ3) is 5.72. The van der Waals surface area contributed by atoms with E-state index in [1.54, 1.807) is 6.07 Å². The minimum absolute atomic E-state index is 0.182. The fourth-order valence-electron chi connectivity index (χ4n) is 1.59. The van der Waals surface area contributed by atoms with Gasteiger partial charge in [0.15, 0.2) is 19.0 Å². The van der Waals surface area contributed by atoms with Crippen molar-refractivity contribution < 1.29 is 32.2 Å². The molecule has 0 spiro atoms. The van der Waals surface area contributed by atoms with Gasteiger partial charge in [-0.25, -0.2) is 4.79 Å². The minimum atomic E-state index is -4.54. The van der Waals surface area contributed by atoms with Crippen LogP contribution < -0.4 is 4.74 Å². The number of halogens is 3. The first kappa shape index (κ1) is 19.2. The van der Waals surface area contributed by atoms with Crippen LogP contribution in [0.3, 0.4) is 0 Å². The van der Waals surface area contributed by atoms with Crippen LogP contribution in [0.4, 0.5) is 13.2 Å². The molecule has 0 aliphatic carbocycles. The highest BCUT2D eigenvalue weighted by molar-refractivity contribution is 6.06. The SMILES string of the molecule is CC(=N)C(C#N)C(=O)COC(=O)COc1cccc(C(F)(F)F)c1. The van der Waals surface area contributed by atoms with Gasteiger partial charge in [-0.2, -0.15) is 18.4 Å². The Labute approximate surface area is 135 Å². The maximum absolute atomic E-state index is 12.5. The quantitative estimate of drug-likeness (QED) is 0.606. The Morgan fingerprint density at radius 1 is 1.33 bits per heavy atom. The summed E-state index contributed by atoms with van der Waals surface area (Å²) in [7, 11) is 0. The Hall–Kier alpha value is -2.89. The van der Waals surface area contributed by atoms with Crippen LogP contribution in [0, 0.1) is 22.7 Å². The van der Waals surface area contributed by atoms with Gasteiger partial charge in [0, 0.05) is 5.71 Å². The molecule has 24 heavy (non-hydrogen) atoms. The molecule has 0 aliphatic rings. The average Bonchev–Trinajstić information content (AvgIpc) is 2.50. The monoisotopic (exact) mass is 342 g/mol. The number of carbonyl (C=O) groups is 2. The number of nitrogens with one attached hydrogen (secondary N) is 1. The molecule has 0 amide bonds. The predicted octanol–water partition coefficient (Wildman–Crippen LogP) is 2.38. The summed E-state index contributed by atoms with van der Waals surface area (Å²) in [5.41, 5.74) is -1.11. The van der Waals surface area contributed by atoms with Crippen LogP contribution in [-0.2, 0) is 20.5 Å². The fraction of sp³-hybridized carbons (Fsp3) is 0.333. The Bertz CT molecular complexity index is 680. The number of ether oxygens (including phenoxy) is 2. The third-order valence-electron chi connectivity index (χ3n) is 2.78. The second kappa shape index (κ2) is 8.10. The molecule has 128 valence electrons. The number of nitriles is 1. The van der Waals surface area contributed by atoms with Crippen LogP contribution in [0.2, 0.25) is 0 Å². The Kier molecular flexibility index (Phi) is 6.47. The van der Waals surface area contributed by atoms with Gasteiger partial charge in [-0.3, -0.25) is 4.79 Å². The maximum atomic E-state index is 12.5. The van der Waals surface area contributed by atoms with Gasteiger partial charge in [0.05, 0.1) is 11.6 Å². The highest BCUT2D eigenvalue weighted by atomic mass is 19.4. The van der Waals surface area contributed by atoms with Crippen molar-refractivity contribution in [3.05, 3.63) is 29.8 Å². The zero-order valence-electron chi connectivity index (χ0n) is 12.5. The van der Waals surface area contributed by atoms with Crippen molar-refractivity contribution in [2.75, 3.05) is 13.2 Å². The van der Waals surface area contributed by atoms with E-state index >= 15 is 0 Å². The van der Waals surface area contributed by atoms with Gasteiger partial charge in [0.1, 0.15) is 11.7 Å². The number of nitrogens with zero attached hydrogens (tertiary/aromatic N) is 1. The molecule has 6 nitrogen and oxygen atoms in total. The zero-order chi connectivity index (χ0) is 18.3. The van der Waals surface area contributed by atoms with Gasteiger partial charge in [0.2, 0.25) is 0 Å². The lowest BCUT2D eigenvalue weighted by Gasteiger charge is -2.10. The molecule has 1 rings (SSSR count). The molecule has 0 fully saturated rings. The summed E-state index contributed by atoms with van der Waals surface area (Å²) in [6, 6.07) is 5.53. The lowest BCUT2D eigenvalue weighted by Crippen LogP contribution is -2.27. The first-order chi connectivity index (χ1) is 11.1. The van der Waals surface area contributed by atoms with Crippen molar-refractivity contribution in [3.63, 3.8) is 0 Å². The standard InChI is InChI=1S/C15H13F3N2O4/c1-9(20)12(6-19)13(21)7-24-14(22)8-23-11-4-2-3-10(5-11)15(16,17)18/h2-5,12,20H,7-8H2,1H3. The number of benzene rings is 1. The van der Waals surface area contributed by atoms with Gasteiger partial charge in [-0.05, 0) is 25.1 Å². The summed E-state index contributed by atoms with van der Waals surface area (Å²) >= 11 is 0. The van der Waals surface area contributed by atoms with E-state index in [4.69, 9.17) is 15.4 Å². The second-order valence-electron chi connectivity index (χ2n) is 4.69. The van der Waals surface area contributed by atoms with Crippen molar-refractivity contribution in [2.24, 2.45) is 5.92 Å². The summed E-state index contributed by atoms with van der Waals surface area (Å²) < 4.78 is 47.0. The van der Waals surface area contributed by atoms with Crippen LogP contribution in [0.1, 0.15) is 12.5 Å². The van der Waals surface area contributed by atoms with Crippen molar-refractivity contribution in [1.82, 2.24) is 0 Å². The van der Waals surface area contributed by atoms with Crippen molar-refractivity contribution >= 4 is 17.5 Å². The van der Waals surface area contributed by atoms with Gasteiger partial charge < -0.3 is 14.9 Å². The van der Waals surface area contributed by atoms with Crippen LogP contribution in [0.25, 0.3) is 0 Å². The first-order valence-corrected chi connectivity index (χ1v) is 6.58. The molecule has 0 aromatic heterocycles. The number of ketones is 1. The van der Waals surface area contributed by atoms with E-state index in [0.717, 1.165) is 18.2 Å². The smallest absolute Gasteiger partial charge is 0.416 e. The molecule has 0 heterocycles. The van der Waals surface area contributed by atoms with E-state index in [1.165, 1.54) is 13.0 Å². The van der Waals surface area contributed by atoms with Crippen molar-refractivity contribution in [3.8, 4) is 11.8 Å². The van der Waals surface area contributed by atoms with Gasteiger partial charge in [-0.1, -0.05) is 6.07 Å². The number of hydrogen-bond donors (Lipinski definition) is 1. The minimum Gasteiger partial charge on any atom is -0.482 e. The van der Waals surface area contributed by atoms with Crippen molar-refractivity contribution in [2.45, 2.75) is 13.1 Å². The average molecular weight is 342 g/mol. The van der Waals surface area contributed by atoms with E-state index in [1.807, 2.05) is 0 Å². The number of carbonyl (C=O) groups excluding carboxylic acids is 2. The predicted molar refractivity (Wildman–Crippen MR) is 75.4 cm³/mol. The second-order valence-corrected chi connectivity index (χ2v) is 4.69. The van der Waals surface area contributed by atoms with E-state index in [-0.39, 0.29) is 11.5 Å². The molecule has 9 heteroatoms. The molecule has 1 N–H and O–H groups in total.